The van der Waals surface area contributed by atoms with Gasteiger partial charge in [-0.1, -0.05) is 0 Å². The summed E-state index contributed by atoms with van der Waals surface area (Å²) in [5.74, 6) is 0.509. The maximum absolute atomic E-state index is 9.93. The average molecular weight is 284 g/mol. The number of aliphatic hydroxyl groups is 1. The summed E-state index contributed by atoms with van der Waals surface area (Å²) in [5.41, 5.74) is 0.724. The zero-order valence-electron chi connectivity index (χ0n) is 8.58. The predicted molar refractivity (Wildman–Crippen MR) is 59.4 cm³/mol. The van der Waals surface area contributed by atoms with E-state index in [0.29, 0.717) is 12.2 Å². The monoisotopic (exact) mass is 283 g/mol. The number of hydrogen-bond donors (Lipinski definition) is 1. The van der Waals surface area contributed by atoms with E-state index < -0.39 is 6.10 Å². The average Bonchev–Trinajstić information content (AvgIpc) is 2.64. The fraction of sp³-hybridized carbons (Fsp3) is 0.333. The van der Waals surface area contributed by atoms with Crippen molar-refractivity contribution in [1.29, 1.82) is 0 Å². The van der Waals surface area contributed by atoms with Crippen molar-refractivity contribution in [1.82, 2.24) is 25.2 Å². The lowest BCUT2D eigenvalue weighted by Crippen LogP contribution is -2.04. The molecular formula is C9H10BrN5O. The van der Waals surface area contributed by atoms with Gasteiger partial charge >= 0.3 is 0 Å². The molecule has 2 aromatic heterocycles. The first kappa shape index (κ1) is 11.2. The van der Waals surface area contributed by atoms with Gasteiger partial charge in [-0.3, -0.25) is 4.98 Å². The van der Waals surface area contributed by atoms with Crippen LogP contribution in [0.4, 0.5) is 0 Å². The SMILES string of the molecule is Cn1nnc(CC(O)c2cncc(Br)c2)n1. The molecule has 6 nitrogen and oxygen atoms in total. The molecule has 7 heteroatoms. The van der Waals surface area contributed by atoms with Crippen LogP contribution in [0, 0.1) is 0 Å². The minimum absolute atomic E-state index is 0.325. The van der Waals surface area contributed by atoms with Gasteiger partial charge in [-0.2, -0.15) is 4.80 Å². The smallest absolute Gasteiger partial charge is 0.177 e. The first-order chi connectivity index (χ1) is 7.65. The lowest BCUT2D eigenvalue weighted by atomic mass is 10.1. The molecule has 0 amide bonds. The van der Waals surface area contributed by atoms with Crippen LogP contribution in [-0.4, -0.2) is 30.3 Å². The van der Waals surface area contributed by atoms with Gasteiger partial charge in [-0.25, -0.2) is 0 Å². The topological polar surface area (TPSA) is 76.7 Å². The predicted octanol–water partition coefficient (Wildman–Crippen LogP) is 0.644. The van der Waals surface area contributed by atoms with Crippen LogP contribution in [0.2, 0.25) is 0 Å². The molecule has 1 unspecified atom stereocenters. The fourth-order valence-electron chi connectivity index (χ4n) is 1.31. The molecular weight excluding hydrogens is 274 g/mol. The van der Waals surface area contributed by atoms with Crippen molar-refractivity contribution in [2.45, 2.75) is 12.5 Å². The second-order valence-corrected chi connectivity index (χ2v) is 4.27. The highest BCUT2D eigenvalue weighted by atomic mass is 79.9. The van der Waals surface area contributed by atoms with Gasteiger partial charge in [-0.15, -0.1) is 10.2 Å². The van der Waals surface area contributed by atoms with Gasteiger partial charge in [0.1, 0.15) is 0 Å². The summed E-state index contributed by atoms with van der Waals surface area (Å²) in [4.78, 5) is 5.35. The van der Waals surface area contributed by atoms with Gasteiger partial charge in [0.15, 0.2) is 5.82 Å². The van der Waals surface area contributed by atoms with Crippen LogP contribution >= 0.6 is 15.9 Å². The molecule has 16 heavy (non-hydrogen) atoms. The Bertz CT molecular complexity index is 486. The molecule has 0 aliphatic carbocycles. The summed E-state index contributed by atoms with van der Waals surface area (Å²) < 4.78 is 0.830. The van der Waals surface area contributed by atoms with Gasteiger partial charge in [0.2, 0.25) is 0 Å². The summed E-state index contributed by atoms with van der Waals surface area (Å²) in [7, 11) is 1.68. The van der Waals surface area contributed by atoms with Gasteiger partial charge in [-0.05, 0) is 27.2 Å². The summed E-state index contributed by atoms with van der Waals surface area (Å²) in [6.45, 7) is 0. The number of hydrogen-bond acceptors (Lipinski definition) is 5. The van der Waals surface area contributed by atoms with Gasteiger partial charge in [0.25, 0.3) is 0 Å². The van der Waals surface area contributed by atoms with E-state index in [1.807, 2.05) is 6.07 Å². The largest absolute Gasteiger partial charge is 0.388 e. The van der Waals surface area contributed by atoms with E-state index >= 15 is 0 Å². The molecule has 0 aromatic carbocycles. The molecule has 84 valence electrons. The number of aryl methyl sites for hydroxylation is 1. The highest BCUT2D eigenvalue weighted by molar-refractivity contribution is 9.10. The van der Waals surface area contributed by atoms with Crippen molar-refractivity contribution in [2.75, 3.05) is 0 Å². The van der Waals surface area contributed by atoms with Crippen LogP contribution in [0.25, 0.3) is 0 Å². The maximum Gasteiger partial charge on any atom is 0.177 e. The van der Waals surface area contributed by atoms with Crippen molar-refractivity contribution in [2.24, 2.45) is 7.05 Å². The number of rotatable bonds is 3. The van der Waals surface area contributed by atoms with Crippen LogP contribution < -0.4 is 0 Å². The molecule has 1 N–H and O–H groups in total. The molecule has 2 heterocycles. The first-order valence-electron chi connectivity index (χ1n) is 4.66. The quantitative estimate of drug-likeness (QED) is 0.895. The zero-order valence-corrected chi connectivity index (χ0v) is 10.2. The second kappa shape index (κ2) is 4.67. The lowest BCUT2D eigenvalue weighted by molar-refractivity contribution is 0.175. The Labute approximate surface area is 100 Å². The van der Waals surface area contributed by atoms with Crippen molar-refractivity contribution in [3.8, 4) is 0 Å². The number of pyridine rings is 1. The fourth-order valence-corrected chi connectivity index (χ4v) is 1.69. The Hall–Kier alpha value is -1.34. The first-order valence-corrected chi connectivity index (χ1v) is 5.46. The van der Waals surface area contributed by atoms with E-state index in [1.165, 1.54) is 4.80 Å². The molecule has 1 atom stereocenters. The number of nitrogens with zero attached hydrogens (tertiary/aromatic N) is 5. The second-order valence-electron chi connectivity index (χ2n) is 3.35. The number of aliphatic hydroxyl groups excluding tert-OH is 1. The molecule has 0 fully saturated rings. The normalized spacial score (nSPS) is 12.7. The Morgan fingerprint density at radius 3 is 2.94 bits per heavy atom. The summed E-state index contributed by atoms with van der Waals surface area (Å²) in [6.07, 6.45) is 2.93. The molecule has 0 bridgehead atoms. The lowest BCUT2D eigenvalue weighted by Gasteiger charge is -2.07. The number of aromatic nitrogens is 5. The van der Waals surface area contributed by atoms with E-state index in [4.69, 9.17) is 0 Å². The van der Waals surface area contributed by atoms with E-state index in [9.17, 15) is 5.11 Å². The Morgan fingerprint density at radius 1 is 1.50 bits per heavy atom. The highest BCUT2D eigenvalue weighted by Crippen LogP contribution is 2.18. The summed E-state index contributed by atoms with van der Waals surface area (Å²) >= 11 is 3.30. The van der Waals surface area contributed by atoms with E-state index in [0.717, 1.165) is 10.0 Å². The third kappa shape index (κ3) is 2.61. The molecule has 2 rings (SSSR count). The molecule has 2 aromatic rings. The van der Waals surface area contributed by atoms with Crippen molar-refractivity contribution < 1.29 is 5.11 Å². The van der Waals surface area contributed by atoms with Crippen LogP contribution in [-0.2, 0) is 13.5 Å². The van der Waals surface area contributed by atoms with Crippen LogP contribution in [0.3, 0.4) is 0 Å². The molecule has 0 spiro atoms. The Kier molecular flexibility index (Phi) is 3.25. The molecule has 0 aliphatic rings. The van der Waals surface area contributed by atoms with Gasteiger partial charge in [0.05, 0.1) is 13.2 Å². The summed E-state index contributed by atoms with van der Waals surface area (Å²) in [5, 5.41) is 21.4. The van der Waals surface area contributed by atoms with Crippen molar-refractivity contribution in [3.63, 3.8) is 0 Å². The van der Waals surface area contributed by atoms with Crippen molar-refractivity contribution >= 4 is 15.9 Å². The van der Waals surface area contributed by atoms with E-state index in [-0.39, 0.29) is 0 Å². The molecule has 0 radical (unpaired) electrons. The molecule has 0 saturated heterocycles. The third-order valence-corrected chi connectivity index (χ3v) is 2.47. The van der Waals surface area contributed by atoms with Crippen LogP contribution in [0.5, 0.6) is 0 Å². The van der Waals surface area contributed by atoms with Gasteiger partial charge < -0.3 is 5.11 Å². The highest BCUT2D eigenvalue weighted by Gasteiger charge is 2.12. The maximum atomic E-state index is 9.93. The minimum Gasteiger partial charge on any atom is -0.388 e. The van der Waals surface area contributed by atoms with Crippen molar-refractivity contribution in [3.05, 3.63) is 34.3 Å². The van der Waals surface area contributed by atoms with Crippen LogP contribution in [0.1, 0.15) is 17.5 Å². The van der Waals surface area contributed by atoms with Crippen LogP contribution in [0.15, 0.2) is 22.9 Å². The van der Waals surface area contributed by atoms with Gasteiger partial charge in [0, 0.05) is 28.9 Å². The van der Waals surface area contributed by atoms with E-state index in [1.54, 1.807) is 19.4 Å². The minimum atomic E-state index is -0.672. The standard InChI is InChI=1S/C9H10BrN5O/c1-15-13-9(12-14-15)3-8(16)6-2-7(10)5-11-4-6/h2,4-5,8,16H,3H2,1H3. The number of tetrazole rings is 1. The number of halogens is 1. The summed E-state index contributed by atoms with van der Waals surface area (Å²) in [6, 6.07) is 1.81. The molecule has 0 aliphatic heterocycles. The Balaban J connectivity index is 2.11. The Morgan fingerprint density at radius 2 is 2.31 bits per heavy atom. The molecule has 0 saturated carbocycles. The zero-order chi connectivity index (χ0) is 11.5. The van der Waals surface area contributed by atoms with E-state index in [2.05, 4.69) is 36.3 Å². The third-order valence-electron chi connectivity index (χ3n) is 2.04.